The van der Waals surface area contributed by atoms with Crippen LogP contribution in [0.25, 0.3) is 0 Å². The van der Waals surface area contributed by atoms with Gasteiger partial charge in [-0.1, -0.05) is 206 Å². The van der Waals surface area contributed by atoms with E-state index < -0.39 is 6.09 Å². The molecule has 0 rings (SSSR count). The first-order valence-corrected chi connectivity index (χ1v) is 22.8. The molecule has 1 atom stereocenters. The largest absolute Gasteiger partial charge is 0.447 e. The summed E-state index contributed by atoms with van der Waals surface area (Å²) in [6, 6.07) is 0. The summed E-state index contributed by atoms with van der Waals surface area (Å²) in [6.45, 7) is 11.6. The molecule has 0 aromatic carbocycles. The Bertz CT molecular complexity index is 661. The molecule has 0 aliphatic heterocycles. The van der Waals surface area contributed by atoms with E-state index in [0.29, 0.717) is 26.4 Å². The van der Waals surface area contributed by atoms with Crippen LogP contribution in [0.2, 0.25) is 0 Å². The van der Waals surface area contributed by atoms with Crippen molar-refractivity contribution in [3.63, 3.8) is 0 Å². The van der Waals surface area contributed by atoms with Crippen LogP contribution in [0, 0.1) is 0 Å². The molecule has 6 nitrogen and oxygen atoms in total. The van der Waals surface area contributed by atoms with E-state index in [0.717, 1.165) is 19.4 Å². The van der Waals surface area contributed by atoms with E-state index in [1.807, 2.05) is 13.8 Å². The van der Waals surface area contributed by atoms with Gasteiger partial charge >= 0.3 is 6.09 Å². The maximum Gasteiger partial charge on any atom is 0.407 e. The Kier molecular flexibility index (Phi) is 42.8. The van der Waals surface area contributed by atoms with Gasteiger partial charge in [0.05, 0.1) is 19.3 Å². The zero-order valence-corrected chi connectivity index (χ0v) is 35.1. The van der Waals surface area contributed by atoms with Gasteiger partial charge in [-0.2, -0.15) is 0 Å². The molecule has 0 aliphatic carbocycles. The van der Waals surface area contributed by atoms with E-state index in [9.17, 15) is 4.79 Å². The van der Waals surface area contributed by atoms with Crippen molar-refractivity contribution in [3.8, 4) is 0 Å². The first kappa shape index (κ1) is 50.1. The molecule has 0 bridgehead atoms. The quantitative estimate of drug-likeness (QED) is 0.0634. The summed E-state index contributed by atoms with van der Waals surface area (Å²) in [5.41, 5.74) is 0. The molecule has 0 spiro atoms. The van der Waals surface area contributed by atoms with E-state index in [1.54, 1.807) is 0 Å². The molecule has 51 heavy (non-hydrogen) atoms. The molecule has 0 aromatic rings. The first-order valence-electron chi connectivity index (χ1n) is 22.8. The number of carbonyl (C=O) groups excluding carboxylic acids is 1. The third-order valence-corrected chi connectivity index (χ3v) is 10.0. The molecular weight excluding hydrogens is 634 g/mol. The van der Waals surface area contributed by atoms with Crippen molar-refractivity contribution in [3.05, 3.63) is 0 Å². The summed E-state index contributed by atoms with van der Waals surface area (Å²) in [5, 5.41) is 2.76. The Morgan fingerprint density at radius 2 is 0.784 bits per heavy atom. The number of hydrogen-bond acceptors (Lipinski definition) is 5. The second-order valence-corrected chi connectivity index (χ2v) is 15.6. The summed E-state index contributed by atoms with van der Waals surface area (Å²) in [5.74, 6) is 0. The molecule has 1 unspecified atom stereocenters. The van der Waals surface area contributed by atoms with Crippen LogP contribution in [-0.4, -0.2) is 57.9 Å². The fourth-order valence-corrected chi connectivity index (χ4v) is 6.68. The molecule has 306 valence electrons. The molecule has 0 aromatic heterocycles. The Morgan fingerprint density at radius 1 is 0.431 bits per heavy atom. The normalized spacial score (nSPS) is 12.2. The Balaban J connectivity index is 3.90. The number of rotatable bonds is 43. The number of amides is 1. The zero-order valence-electron chi connectivity index (χ0n) is 35.1. The van der Waals surface area contributed by atoms with Crippen molar-refractivity contribution in [1.82, 2.24) is 5.32 Å². The van der Waals surface area contributed by atoms with Crippen LogP contribution in [0.3, 0.4) is 0 Å². The van der Waals surface area contributed by atoms with E-state index in [4.69, 9.17) is 18.9 Å². The van der Waals surface area contributed by atoms with Gasteiger partial charge in [-0.3, -0.25) is 0 Å². The number of unbranched alkanes of at least 4 members (excludes halogenated alkanes) is 30. The van der Waals surface area contributed by atoms with Crippen molar-refractivity contribution in [2.45, 2.75) is 245 Å². The number of nitrogens with one attached hydrogen (secondary N) is 1. The highest BCUT2D eigenvalue weighted by Gasteiger charge is 2.13. The Morgan fingerprint density at radius 3 is 1.16 bits per heavy atom. The summed E-state index contributed by atoms with van der Waals surface area (Å²) in [4.78, 5) is 12.2. The Labute approximate surface area is 319 Å². The first-order chi connectivity index (χ1) is 25.1. The predicted molar refractivity (Wildman–Crippen MR) is 220 cm³/mol. The van der Waals surface area contributed by atoms with Crippen molar-refractivity contribution in [1.29, 1.82) is 0 Å². The molecule has 1 N–H and O–H groups in total. The minimum absolute atomic E-state index is 0.150. The van der Waals surface area contributed by atoms with Gasteiger partial charge in [-0.15, -0.1) is 0 Å². The van der Waals surface area contributed by atoms with Crippen LogP contribution in [0.5, 0.6) is 0 Å². The highest BCUT2D eigenvalue weighted by molar-refractivity contribution is 5.67. The lowest BCUT2D eigenvalue weighted by molar-refractivity contribution is -0.0470. The third-order valence-electron chi connectivity index (χ3n) is 10.0. The van der Waals surface area contributed by atoms with Crippen molar-refractivity contribution in [2.75, 3.05) is 39.6 Å². The van der Waals surface area contributed by atoms with Gasteiger partial charge in [0.1, 0.15) is 12.7 Å². The maximum absolute atomic E-state index is 12.2. The summed E-state index contributed by atoms with van der Waals surface area (Å²) < 4.78 is 23.1. The second kappa shape index (κ2) is 43.6. The maximum atomic E-state index is 12.2. The van der Waals surface area contributed by atoms with Gasteiger partial charge < -0.3 is 24.3 Å². The van der Waals surface area contributed by atoms with Crippen LogP contribution < -0.4 is 5.32 Å². The minimum atomic E-state index is -0.420. The van der Waals surface area contributed by atoms with Gasteiger partial charge in [0.2, 0.25) is 0 Å². The smallest absolute Gasteiger partial charge is 0.407 e. The van der Waals surface area contributed by atoms with Crippen molar-refractivity contribution in [2.24, 2.45) is 0 Å². The fourth-order valence-electron chi connectivity index (χ4n) is 6.68. The molecule has 0 heterocycles. The van der Waals surface area contributed by atoms with Gasteiger partial charge in [-0.25, -0.2) is 4.79 Å². The van der Waals surface area contributed by atoms with Gasteiger partial charge in [0.25, 0.3) is 0 Å². The van der Waals surface area contributed by atoms with Crippen molar-refractivity contribution < 1.29 is 23.7 Å². The van der Waals surface area contributed by atoms with Gasteiger partial charge in [0.15, 0.2) is 0 Å². The second-order valence-electron chi connectivity index (χ2n) is 15.6. The highest BCUT2D eigenvalue weighted by Crippen LogP contribution is 2.15. The average Bonchev–Trinajstić information content (AvgIpc) is 3.12. The number of ether oxygens (including phenoxy) is 4. The molecule has 0 fully saturated rings. The SMILES string of the molecule is CCCCCCCCCCCCCCCCCCOCC(COC(=O)NCCOC(C)C)OCCCCCCCCCCCCCCCCCC. The summed E-state index contributed by atoms with van der Waals surface area (Å²) in [7, 11) is 0. The van der Waals surface area contributed by atoms with Crippen molar-refractivity contribution >= 4 is 6.09 Å². The lowest BCUT2D eigenvalue weighted by atomic mass is 10.0. The van der Waals surface area contributed by atoms with Gasteiger partial charge in [-0.05, 0) is 26.7 Å². The van der Waals surface area contributed by atoms with E-state index in [2.05, 4.69) is 19.2 Å². The van der Waals surface area contributed by atoms with Crippen LogP contribution >= 0.6 is 0 Å². The van der Waals surface area contributed by atoms with Crippen LogP contribution in [-0.2, 0) is 18.9 Å². The third kappa shape index (κ3) is 43.4. The minimum Gasteiger partial charge on any atom is -0.447 e. The monoisotopic (exact) mass is 726 g/mol. The molecular formula is C45H91NO5. The summed E-state index contributed by atoms with van der Waals surface area (Å²) in [6.07, 6.45) is 43.2. The molecule has 1 amide bonds. The number of alkyl carbamates (subject to hydrolysis) is 1. The van der Waals surface area contributed by atoms with Crippen LogP contribution in [0.1, 0.15) is 233 Å². The molecule has 0 aliphatic rings. The highest BCUT2D eigenvalue weighted by atomic mass is 16.6. The summed E-state index contributed by atoms with van der Waals surface area (Å²) >= 11 is 0. The number of hydrogen-bond donors (Lipinski definition) is 1. The molecule has 6 heteroatoms. The lowest BCUT2D eigenvalue weighted by Crippen LogP contribution is -2.33. The molecule has 0 saturated carbocycles. The zero-order chi connectivity index (χ0) is 37.1. The molecule has 0 saturated heterocycles. The van der Waals surface area contributed by atoms with E-state index >= 15 is 0 Å². The van der Waals surface area contributed by atoms with E-state index in [-0.39, 0.29) is 18.8 Å². The van der Waals surface area contributed by atoms with Crippen LogP contribution in [0.4, 0.5) is 4.79 Å². The molecule has 0 radical (unpaired) electrons. The van der Waals surface area contributed by atoms with Crippen LogP contribution in [0.15, 0.2) is 0 Å². The topological polar surface area (TPSA) is 66.0 Å². The fraction of sp³-hybridized carbons (Fsp3) is 0.978. The lowest BCUT2D eigenvalue weighted by Gasteiger charge is -2.18. The Hall–Kier alpha value is -0.850. The van der Waals surface area contributed by atoms with Gasteiger partial charge in [0, 0.05) is 19.8 Å². The average molecular weight is 726 g/mol. The standard InChI is InChI=1S/C45H91NO5/c1-5-7-9-11-13-15-17-19-21-23-25-27-29-31-33-35-38-48-41-44(42-51-45(47)46-37-40-49-43(3)4)50-39-36-34-32-30-28-26-24-22-20-18-16-14-12-10-8-6-2/h43-44H,5-42H2,1-4H3,(H,46,47). The predicted octanol–water partition coefficient (Wildman–Crippen LogP) is 14.1. The number of carbonyl (C=O) groups is 1. The van der Waals surface area contributed by atoms with E-state index in [1.165, 1.54) is 193 Å².